The van der Waals surface area contributed by atoms with E-state index in [2.05, 4.69) is 170 Å². The minimum atomic E-state index is -0.383. The molecule has 3 nitrogen and oxygen atoms in total. The molecular weight excluding hydrogens is 635 g/mol. The average molecular weight is 668 g/mol. The van der Waals surface area contributed by atoms with Gasteiger partial charge in [-0.1, -0.05) is 127 Å². The number of furan rings is 2. The second-order valence-corrected chi connectivity index (χ2v) is 14.1. The molecule has 2 aromatic heterocycles. The lowest BCUT2D eigenvalue weighted by Crippen LogP contribution is -2.22. The lowest BCUT2D eigenvalue weighted by molar-refractivity contribution is 0.638. The van der Waals surface area contributed by atoms with E-state index in [0.717, 1.165) is 67.4 Å². The number of para-hydroxylation sites is 3. The number of hydrogen-bond donors (Lipinski definition) is 0. The Bertz CT molecular complexity index is 2910. The van der Waals surface area contributed by atoms with E-state index < -0.39 is 0 Å². The van der Waals surface area contributed by atoms with Gasteiger partial charge in [-0.25, -0.2) is 0 Å². The van der Waals surface area contributed by atoms with E-state index in [0.29, 0.717) is 0 Å². The summed E-state index contributed by atoms with van der Waals surface area (Å²) in [6, 6.07) is 54.4. The fraction of sp³-hybridized carbons (Fsp3) is 0.0612. The molecule has 0 amide bonds. The van der Waals surface area contributed by atoms with Crippen LogP contribution in [0.4, 0.5) is 17.1 Å². The van der Waals surface area contributed by atoms with E-state index in [1.165, 1.54) is 39.0 Å². The summed E-state index contributed by atoms with van der Waals surface area (Å²) in [6.45, 7) is 2.35. The van der Waals surface area contributed by atoms with Crippen molar-refractivity contribution >= 4 is 66.5 Å². The van der Waals surface area contributed by atoms with Crippen LogP contribution in [0.3, 0.4) is 0 Å². The molecule has 0 unspecified atom stereocenters. The zero-order valence-corrected chi connectivity index (χ0v) is 28.6. The van der Waals surface area contributed by atoms with Crippen molar-refractivity contribution in [3.8, 4) is 11.1 Å². The maximum atomic E-state index is 7.20. The van der Waals surface area contributed by atoms with Gasteiger partial charge in [0.25, 0.3) is 0 Å². The van der Waals surface area contributed by atoms with Crippen molar-refractivity contribution in [2.45, 2.75) is 18.8 Å². The second-order valence-electron chi connectivity index (χ2n) is 14.1. The molecule has 246 valence electrons. The minimum Gasteiger partial charge on any atom is -0.456 e. The summed E-state index contributed by atoms with van der Waals surface area (Å²) in [5.74, 6) is 0. The van der Waals surface area contributed by atoms with Gasteiger partial charge in [-0.3, -0.25) is 0 Å². The molecule has 7 aromatic carbocycles. The van der Waals surface area contributed by atoms with Gasteiger partial charge in [0.15, 0.2) is 5.58 Å². The van der Waals surface area contributed by atoms with E-state index in [4.69, 9.17) is 8.83 Å². The Labute approximate surface area is 301 Å². The summed E-state index contributed by atoms with van der Waals surface area (Å²) in [5.41, 5.74) is 15.0. The number of fused-ring (bicyclic) bond motifs is 9. The molecule has 0 N–H and O–H groups in total. The van der Waals surface area contributed by atoms with Gasteiger partial charge in [-0.15, -0.1) is 0 Å². The van der Waals surface area contributed by atoms with Gasteiger partial charge in [-0.05, 0) is 83.1 Å². The molecule has 11 rings (SSSR count). The van der Waals surface area contributed by atoms with Gasteiger partial charge in [0, 0.05) is 44.3 Å². The molecule has 0 atom stereocenters. The molecule has 0 spiro atoms. The third-order valence-electron chi connectivity index (χ3n) is 11.4. The van der Waals surface area contributed by atoms with Gasteiger partial charge in [-0.2, -0.15) is 0 Å². The van der Waals surface area contributed by atoms with Crippen molar-refractivity contribution in [2.75, 3.05) is 4.90 Å². The molecule has 0 aliphatic heterocycles. The van der Waals surface area contributed by atoms with Crippen LogP contribution in [-0.2, 0) is 5.41 Å². The third kappa shape index (κ3) is 4.08. The normalized spacial score (nSPS) is 14.4. The molecule has 0 saturated carbocycles. The molecule has 0 fully saturated rings. The quantitative estimate of drug-likeness (QED) is 0.183. The standard InChI is InChI=1S/C49H33NO2/c1-49(41-19-7-4-14-35(41)36-15-5-8-20-42(36)49)43-21-10-17-39-40-18-11-22-44(48(40)52-47(39)43)50(33-26-24-32(25-27-33)31-12-2-3-13-31)34-28-29-38-37-16-6-9-23-45(37)51-46(38)30-34/h2,4-30H,3H2,1H3. The smallest absolute Gasteiger partial charge is 0.159 e. The molecule has 9 aromatic rings. The van der Waals surface area contributed by atoms with Crippen molar-refractivity contribution in [3.05, 3.63) is 192 Å². The first kappa shape index (κ1) is 29.2. The third-order valence-corrected chi connectivity index (χ3v) is 11.4. The van der Waals surface area contributed by atoms with Gasteiger partial charge in [0.05, 0.1) is 11.4 Å². The summed E-state index contributed by atoms with van der Waals surface area (Å²) in [6.07, 6.45) is 7.66. The van der Waals surface area contributed by atoms with Crippen LogP contribution in [0.2, 0.25) is 0 Å². The highest BCUT2D eigenvalue weighted by Gasteiger charge is 2.42. The number of benzene rings is 7. The molecular formula is C49H33NO2. The molecule has 52 heavy (non-hydrogen) atoms. The zero-order valence-electron chi connectivity index (χ0n) is 28.6. The highest BCUT2D eigenvalue weighted by atomic mass is 16.3. The maximum Gasteiger partial charge on any atom is 0.159 e. The zero-order chi connectivity index (χ0) is 34.4. The first-order valence-electron chi connectivity index (χ1n) is 18.0. The SMILES string of the molecule is CC1(c2cccc3c2oc2c(N(c4ccc(C5=CCC=C5)cc4)c4ccc5c(c4)oc4ccccc45)cccc23)c2ccccc2-c2ccccc21. The molecule has 2 heterocycles. The Hall–Kier alpha value is -6.58. The topological polar surface area (TPSA) is 29.5 Å². The van der Waals surface area contributed by atoms with Crippen LogP contribution in [0.15, 0.2) is 179 Å². The largest absolute Gasteiger partial charge is 0.456 e. The van der Waals surface area contributed by atoms with Crippen LogP contribution in [-0.4, -0.2) is 0 Å². The van der Waals surface area contributed by atoms with E-state index in [1.54, 1.807) is 0 Å². The van der Waals surface area contributed by atoms with Crippen LogP contribution in [0.1, 0.15) is 35.6 Å². The highest BCUT2D eigenvalue weighted by molar-refractivity contribution is 6.12. The van der Waals surface area contributed by atoms with Gasteiger partial charge < -0.3 is 13.7 Å². The summed E-state index contributed by atoms with van der Waals surface area (Å²) in [4.78, 5) is 2.31. The number of rotatable bonds is 5. The van der Waals surface area contributed by atoms with E-state index in [1.807, 2.05) is 12.1 Å². The van der Waals surface area contributed by atoms with Crippen molar-refractivity contribution in [3.63, 3.8) is 0 Å². The van der Waals surface area contributed by atoms with Crippen molar-refractivity contribution in [1.82, 2.24) is 0 Å². The first-order chi connectivity index (χ1) is 25.7. The number of hydrogen-bond acceptors (Lipinski definition) is 3. The summed E-state index contributed by atoms with van der Waals surface area (Å²) in [7, 11) is 0. The van der Waals surface area contributed by atoms with E-state index in [9.17, 15) is 0 Å². The van der Waals surface area contributed by atoms with Gasteiger partial charge in [0.2, 0.25) is 0 Å². The number of allylic oxidation sites excluding steroid dienone is 4. The summed E-state index contributed by atoms with van der Waals surface area (Å²) < 4.78 is 13.6. The van der Waals surface area contributed by atoms with Crippen molar-refractivity contribution in [1.29, 1.82) is 0 Å². The Morgan fingerprint density at radius 1 is 0.519 bits per heavy atom. The highest BCUT2D eigenvalue weighted by Crippen LogP contribution is 2.54. The van der Waals surface area contributed by atoms with Crippen LogP contribution in [0.25, 0.3) is 60.6 Å². The van der Waals surface area contributed by atoms with Gasteiger partial charge in [0.1, 0.15) is 16.7 Å². The molecule has 2 aliphatic carbocycles. The predicted octanol–water partition coefficient (Wildman–Crippen LogP) is 13.6. The van der Waals surface area contributed by atoms with Crippen molar-refractivity contribution in [2.24, 2.45) is 0 Å². The Morgan fingerprint density at radius 3 is 1.92 bits per heavy atom. The predicted molar refractivity (Wildman–Crippen MR) is 215 cm³/mol. The summed E-state index contributed by atoms with van der Waals surface area (Å²) >= 11 is 0. The number of anilines is 3. The molecule has 2 aliphatic rings. The average Bonchev–Trinajstić information content (AvgIpc) is 4.00. The molecule has 0 saturated heterocycles. The van der Waals surface area contributed by atoms with Crippen LogP contribution in [0, 0.1) is 0 Å². The Balaban J connectivity index is 1.14. The molecule has 3 heteroatoms. The summed E-state index contributed by atoms with van der Waals surface area (Å²) in [5, 5.41) is 4.42. The van der Waals surface area contributed by atoms with E-state index >= 15 is 0 Å². The van der Waals surface area contributed by atoms with Crippen LogP contribution < -0.4 is 4.90 Å². The van der Waals surface area contributed by atoms with E-state index in [-0.39, 0.29) is 5.41 Å². The monoisotopic (exact) mass is 667 g/mol. The fourth-order valence-corrected chi connectivity index (χ4v) is 8.87. The maximum absolute atomic E-state index is 7.20. The first-order valence-corrected chi connectivity index (χ1v) is 18.0. The molecule has 0 bridgehead atoms. The van der Waals surface area contributed by atoms with Crippen molar-refractivity contribution < 1.29 is 8.83 Å². The number of nitrogens with zero attached hydrogens (tertiary/aromatic N) is 1. The second kappa shape index (κ2) is 11.0. The lowest BCUT2D eigenvalue weighted by atomic mass is 9.74. The van der Waals surface area contributed by atoms with Crippen LogP contribution in [0.5, 0.6) is 0 Å². The fourth-order valence-electron chi connectivity index (χ4n) is 8.87. The minimum absolute atomic E-state index is 0.383. The molecule has 0 radical (unpaired) electrons. The van der Waals surface area contributed by atoms with Gasteiger partial charge >= 0.3 is 0 Å². The lowest BCUT2D eigenvalue weighted by Gasteiger charge is -2.28. The Kier molecular flexibility index (Phi) is 6.15. The van der Waals surface area contributed by atoms with Crippen LogP contribution >= 0.6 is 0 Å². The Morgan fingerprint density at radius 2 is 1.15 bits per heavy atom.